The zero-order chi connectivity index (χ0) is 18.5. The molecule has 26 heavy (non-hydrogen) atoms. The molecule has 3 aromatic rings. The van der Waals surface area contributed by atoms with Gasteiger partial charge in [0.2, 0.25) is 5.91 Å². The normalized spacial score (nSPS) is 10.7. The molecular formula is C20H22N4O2. The van der Waals surface area contributed by atoms with Gasteiger partial charge in [-0.15, -0.1) is 0 Å². The molecule has 0 saturated heterocycles. The Morgan fingerprint density at radius 1 is 1.04 bits per heavy atom. The molecule has 0 saturated carbocycles. The van der Waals surface area contributed by atoms with Gasteiger partial charge in [-0.2, -0.15) is 0 Å². The Labute approximate surface area is 152 Å². The quantitative estimate of drug-likeness (QED) is 0.621. The number of imidazole rings is 1. The smallest absolute Gasteiger partial charge is 0.257 e. The van der Waals surface area contributed by atoms with Gasteiger partial charge in [0.15, 0.2) is 0 Å². The maximum Gasteiger partial charge on any atom is 0.257 e. The summed E-state index contributed by atoms with van der Waals surface area (Å²) < 4.78 is 0. The Bertz CT molecular complexity index is 929. The molecule has 0 aliphatic carbocycles. The molecule has 0 bridgehead atoms. The van der Waals surface area contributed by atoms with E-state index in [1.165, 1.54) is 0 Å². The highest BCUT2D eigenvalue weighted by Crippen LogP contribution is 2.19. The second-order valence-corrected chi connectivity index (χ2v) is 6.21. The Morgan fingerprint density at radius 2 is 1.73 bits per heavy atom. The third-order valence-electron chi connectivity index (χ3n) is 4.06. The first kappa shape index (κ1) is 17.7. The van der Waals surface area contributed by atoms with E-state index in [1.54, 1.807) is 30.3 Å². The number of nitrogens with zero attached hydrogens (tertiary/aromatic N) is 1. The van der Waals surface area contributed by atoms with Crippen LogP contribution in [0.3, 0.4) is 0 Å². The van der Waals surface area contributed by atoms with E-state index in [0.717, 1.165) is 24.2 Å². The molecule has 134 valence electrons. The van der Waals surface area contributed by atoms with Crippen LogP contribution in [0.1, 0.15) is 42.4 Å². The zero-order valence-corrected chi connectivity index (χ0v) is 14.9. The van der Waals surface area contributed by atoms with Crippen LogP contribution in [0.4, 0.5) is 11.4 Å². The number of benzene rings is 2. The van der Waals surface area contributed by atoms with Gasteiger partial charge in [0, 0.05) is 17.8 Å². The molecule has 0 fully saturated rings. The second kappa shape index (κ2) is 7.82. The highest BCUT2D eigenvalue weighted by molar-refractivity contribution is 6.11. The average molecular weight is 350 g/mol. The first-order valence-corrected chi connectivity index (χ1v) is 8.73. The summed E-state index contributed by atoms with van der Waals surface area (Å²) in [4.78, 5) is 31.8. The van der Waals surface area contributed by atoms with E-state index in [9.17, 15) is 9.59 Å². The lowest BCUT2D eigenvalue weighted by molar-refractivity contribution is -0.116. The summed E-state index contributed by atoms with van der Waals surface area (Å²) >= 11 is 0. The number of amides is 2. The Hall–Kier alpha value is -3.15. The van der Waals surface area contributed by atoms with Crippen LogP contribution < -0.4 is 10.6 Å². The van der Waals surface area contributed by atoms with Crippen molar-refractivity contribution in [1.29, 1.82) is 0 Å². The fraction of sp³-hybridized carbons (Fsp3) is 0.250. The number of hydrogen-bond donors (Lipinski definition) is 3. The van der Waals surface area contributed by atoms with Crippen molar-refractivity contribution in [3.05, 3.63) is 53.9 Å². The number of carbonyl (C=O) groups excluding carboxylic acids is 2. The van der Waals surface area contributed by atoms with Crippen molar-refractivity contribution in [3.63, 3.8) is 0 Å². The number of nitrogens with one attached hydrogen (secondary N) is 3. The van der Waals surface area contributed by atoms with Crippen molar-refractivity contribution in [2.24, 2.45) is 0 Å². The lowest BCUT2D eigenvalue weighted by Crippen LogP contribution is -2.13. The monoisotopic (exact) mass is 350 g/mol. The van der Waals surface area contributed by atoms with Crippen LogP contribution in [-0.4, -0.2) is 21.8 Å². The predicted octanol–water partition coefficient (Wildman–Crippen LogP) is 4.25. The summed E-state index contributed by atoms with van der Waals surface area (Å²) in [5, 5.41) is 5.72. The van der Waals surface area contributed by atoms with E-state index in [1.807, 2.05) is 19.1 Å². The number of hydrogen-bond acceptors (Lipinski definition) is 3. The molecule has 0 aliphatic heterocycles. The molecule has 2 amide bonds. The second-order valence-electron chi connectivity index (χ2n) is 6.21. The van der Waals surface area contributed by atoms with Crippen molar-refractivity contribution in [1.82, 2.24) is 9.97 Å². The minimum absolute atomic E-state index is 0.00390. The number of carbonyl (C=O) groups is 2. The maximum atomic E-state index is 12.6. The van der Waals surface area contributed by atoms with Crippen LogP contribution in [0, 0.1) is 6.92 Å². The predicted molar refractivity (Wildman–Crippen MR) is 103 cm³/mol. The van der Waals surface area contributed by atoms with E-state index >= 15 is 0 Å². The number of unbranched alkanes of at least 4 members (excludes halogenated alkanes) is 1. The average Bonchev–Trinajstić information content (AvgIpc) is 3.01. The summed E-state index contributed by atoms with van der Waals surface area (Å²) in [6.45, 7) is 3.91. The zero-order valence-electron chi connectivity index (χ0n) is 14.9. The van der Waals surface area contributed by atoms with Crippen LogP contribution in [-0.2, 0) is 4.79 Å². The molecule has 6 nitrogen and oxygen atoms in total. The van der Waals surface area contributed by atoms with E-state index in [0.29, 0.717) is 28.9 Å². The number of aryl methyl sites for hydroxylation is 1. The number of rotatable bonds is 6. The molecule has 0 radical (unpaired) electrons. The summed E-state index contributed by atoms with van der Waals surface area (Å²) in [5.41, 5.74) is 3.38. The third kappa shape index (κ3) is 4.08. The maximum absolute atomic E-state index is 12.6. The number of aromatic nitrogens is 2. The highest BCUT2D eigenvalue weighted by Gasteiger charge is 2.13. The minimum atomic E-state index is -0.221. The van der Waals surface area contributed by atoms with Crippen LogP contribution >= 0.6 is 0 Å². The van der Waals surface area contributed by atoms with Crippen molar-refractivity contribution in [3.8, 4) is 0 Å². The van der Waals surface area contributed by atoms with Crippen molar-refractivity contribution >= 4 is 34.2 Å². The fourth-order valence-electron chi connectivity index (χ4n) is 2.73. The largest absolute Gasteiger partial charge is 0.342 e. The van der Waals surface area contributed by atoms with Gasteiger partial charge < -0.3 is 15.6 Å². The minimum Gasteiger partial charge on any atom is -0.342 e. The molecule has 1 aromatic heterocycles. The topological polar surface area (TPSA) is 86.9 Å². The Kier molecular flexibility index (Phi) is 5.31. The standard InChI is InChI=1S/C20H22N4O2/c1-3-4-8-18(25)23-14-9-11-15(12-10-14)24-20(26)16-6-5-7-17-19(16)22-13(2)21-17/h5-7,9-12H,3-4,8H2,1-2H3,(H,21,22)(H,23,25)(H,24,26). The molecule has 3 N–H and O–H groups in total. The van der Waals surface area contributed by atoms with E-state index in [2.05, 4.69) is 27.5 Å². The van der Waals surface area contributed by atoms with E-state index in [4.69, 9.17) is 0 Å². The van der Waals surface area contributed by atoms with Gasteiger partial charge in [-0.3, -0.25) is 9.59 Å². The molecule has 2 aromatic carbocycles. The summed E-state index contributed by atoms with van der Waals surface area (Å²) in [6.07, 6.45) is 2.38. The van der Waals surface area contributed by atoms with Gasteiger partial charge in [0.1, 0.15) is 11.3 Å². The van der Waals surface area contributed by atoms with E-state index in [-0.39, 0.29) is 11.8 Å². The fourth-order valence-corrected chi connectivity index (χ4v) is 2.73. The van der Waals surface area contributed by atoms with Gasteiger partial charge in [-0.25, -0.2) is 4.98 Å². The van der Waals surface area contributed by atoms with Gasteiger partial charge in [-0.05, 0) is 49.7 Å². The van der Waals surface area contributed by atoms with Crippen LogP contribution in [0.2, 0.25) is 0 Å². The number of fused-ring (bicyclic) bond motifs is 1. The Morgan fingerprint density at radius 3 is 2.42 bits per heavy atom. The van der Waals surface area contributed by atoms with Gasteiger partial charge >= 0.3 is 0 Å². The molecule has 0 aliphatic rings. The first-order chi connectivity index (χ1) is 12.6. The summed E-state index contributed by atoms with van der Waals surface area (Å²) in [6, 6.07) is 12.6. The molecule has 1 heterocycles. The van der Waals surface area contributed by atoms with Crippen LogP contribution in [0.25, 0.3) is 11.0 Å². The van der Waals surface area contributed by atoms with Crippen molar-refractivity contribution in [2.75, 3.05) is 10.6 Å². The SMILES string of the molecule is CCCCC(=O)Nc1ccc(NC(=O)c2cccc3[nH]c(C)nc23)cc1. The van der Waals surface area contributed by atoms with Crippen molar-refractivity contribution < 1.29 is 9.59 Å². The first-order valence-electron chi connectivity index (χ1n) is 8.73. The number of para-hydroxylation sites is 1. The lowest BCUT2D eigenvalue weighted by atomic mass is 10.1. The Balaban J connectivity index is 1.68. The summed E-state index contributed by atoms with van der Waals surface area (Å²) in [5.74, 6) is 0.550. The number of aromatic amines is 1. The number of H-pyrrole nitrogens is 1. The number of anilines is 2. The third-order valence-corrected chi connectivity index (χ3v) is 4.06. The van der Waals surface area contributed by atoms with Crippen LogP contribution in [0.15, 0.2) is 42.5 Å². The summed E-state index contributed by atoms with van der Waals surface area (Å²) in [7, 11) is 0. The van der Waals surface area contributed by atoms with Gasteiger partial charge in [0.05, 0.1) is 11.1 Å². The van der Waals surface area contributed by atoms with Gasteiger partial charge in [0.25, 0.3) is 5.91 Å². The molecule has 0 atom stereocenters. The van der Waals surface area contributed by atoms with Crippen molar-refractivity contribution in [2.45, 2.75) is 33.1 Å². The molecule has 6 heteroatoms. The van der Waals surface area contributed by atoms with Crippen LogP contribution in [0.5, 0.6) is 0 Å². The van der Waals surface area contributed by atoms with Gasteiger partial charge in [-0.1, -0.05) is 19.4 Å². The molecule has 0 unspecified atom stereocenters. The van der Waals surface area contributed by atoms with E-state index < -0.39 is 0 Å². The molecule has 3 rings (SSSR count). The molecule has 0 spiro atoms. The lowest BCUT2D eigenvalue weighted by Gasteiger charge is -2.08. The molecular weight excluding hydrogens is 328 g/mol. The highest BCUT2D eigenvalue weighted by atomic mass is 16.2.